The molecule has 0 saturated carbocycles. The third kappa shape index (κ3) is 2.82. The molecular formula is C14H19NO3. The standard InChI is InChI=1S/C14H19NO3/c1-9-3-4-11(7-13(9)16)14(17)15-8-12-5-6-18-10(12)2/h3-4,7,10,12,16H,5-6,8H2,1-2H3,(H,15,17). The number of aromatic hydroxyl groups is 1. The second-order valence-corrected chi connectivity index (χ2v) is 4.84. The second kappa shape index (κ2) is 5.40. The van der Waals surface area contributed by atoms with Crippen LogP contribution in [0.4, 0.5) is 0 Å². The first-order chi connectivity index (χ1) is 8.58. The summed E-state index contributed by atoms with van der Waals surface area (Å²) < 4.78 is 5.45. The van der Waals surface area contributed by atoms with Crippen LogP contribution in [0.2, 0.25) is 0 Å². The van der Waals surface area contributed by atoms with E-state index in [2.05, 4.69) is 5.32 Å². The first-order valence-corrected chi connectivity index (χ1v) is 6.27. The van der Waals surface area contributed by atoms with Crippen LogP contribution < -0.4 is 5.32 Å². The minimum Gasteiger partial charge on any atom is -0.508 e. The molecule has 0 bridgehead atoms. The van der Waals surface area contributed by atoms with Crippen molar-refractivity contribution < 1.29 is 14.6 Å². The number of carbonyl (C=O) groups excluding carboxylic acids is 1. The Morgan fingerprint density at radius 3 is 2.94 bits per heavy atom. The van der Waals surface area contributed by atoms with E-state index < -0.39 is 0 Å². The fourth-order valence-corrected chi connectivity index (χ4v) is 2.12. The van der Waals surface area contributed by atoms with Crippen molar-refractivity contribution in [2.75, 3.05) is 13.2 Å². The van der Waals surface area contributed by atoms with Crippen LogP contribution in [-0.4, -0.2) is 30.3 Å². The van der Waals surface area contributed by atoms with Gasteiger partial charge in [-0.3, -0.25) is 4.79 Å². The molecule has 1 aromatic rings. The van der Waals surface area contributed by atoms with Crippen molar-refractivity contribution in [1.29, 1.82) is 0 Å². The molecule has 1 saturated heterocycles. The molecule has 2 unspecified atom stereocenters. The van der Waals surface area contributed by atoms with Gasteiger partial charge in [-0.2, -0.15) is 0 Å². The Balaban J connectivity index is 1.93. The van der Waals surface area contributed by atoms with E-state index in [-0.39, 0.29) is 17.8 Å². The number of aryl methyl sites for hydroxylation is 1. The molecule has 98 valence electrons. The van der Waals surface area contributed by atoms with Gasteiger partial charge in [-0.05, 0) is 38.0 Å². The second-order valence-electron chi connectivity index (χ2n) is 4.84. The van der Waals surface area contributed by atoms with Gasteiger partial charge in [0, 0.05) is 24.6 Å². The molecule has 1 fully saturated rings. The maximum atomic E-state index is 11.9. The van der Waals surface area contributed by atoms with Gasteiger partial charge in [0.15, 0.2) is 0 Å². The zero-order valence-electron chi connectivity index (χ0n) is 10.8. The van der Waals surface area contributed by atoms with Gasteiger partial charge in [-0.15, -0.1) is 0 Å². The first kappa shape index (κ1) is 12.9. The van der Waals surface area contributed by atoms with Crippen LogP contribution in [0.3, 0.4) is 0 Å². The van der Waals surface area contributed by atoms with Gasteiger partial charge in [0.2, 0.25) is 0 Å². The number of carbonyl (C=O) groups is 1. The fourth-order valence-electron chi connectivity index (χ4n) is 2.12. The normalized spacial score (nSPS) is 23.0. The van der Waals surface area contributed by atoms with E-state index in [1.807, 2.05) is 6.92 Å². The van der Waals surface area contributed by atoms with Crippen LogP contribution in [-0.2, 0) is 4.74 Å². The molecule has 2 atom stereocenters. The summed E-state index contributed by atoms with van der Waals surface area (Å²) in [5.41, 5.74) is 1.26. The number of ether oxygens (including phenoxy) is 1. The van der Waals surface area contributed by atoms with E-state index in [4.69, 9.17) is 4.74 Å². The smallest absolute Gasteiger partial charge is 0.251 e. The Morgan fingerprint density at radius 2 is 2.33 bits per heavy atom. The largest absolute Gasteiger partial charge is 0.508 e. The van der Waals surface area contributed by atoms with Gasteiger partial charge in [0.05, 0.1) is 6.10 Å². The average Bonchev–Trinajstić information content (AvgIpc) is 2.75. The molecule has 1 aliphatic rings. The Hall–Kier alpha value is -1.55. The van der Waals surface area contributed by atoms with Crippen LogP contribution in [0.1, 0.15) is 29.3 Å². The predicted molar refractivity (Wildman–Crippen MR) is 68.7 cm³/mol. The number of hydrogen-bond donors (Lipinski definition) is 2. The van der Waals surface area contributed by atoms with E-state index >= 15 is 0 Å². The van der Waals surface area contributed by atoms with Gasteiger partial charge < -0.3 is 15.2 Å². The summed E-state index contributed by atoms with van der Waals surface area (Å²) >= 11 is 0. The summed E-state index contributed by atoms with van der Waals surface area (Å²) in [6, 6.07) is 4.96. The molecule has 1 aromatic carbocycles. The SMILES string of the molecule is Cc1ccc(C(=O)NCC2CCOC2C)cc1O. The Labute approximate surface area is 107 Å². The highest BCUT2D eigenvalue weighted by Crippen LogP contribution is 2.20. The quantitative estimate of drug-likeness (QED) is 0.859. The molecule has 2 N–H and O–H groups in total. The lowest BCUT2D eigenvalue weighted by Crippen LogP contribution is -2.31. The highest BCUT2D eigenvalue weighted by molar-refractivity contribution is 5.94. The maximum absolute atomic E-state index is 11.9. The van der Waals surface area contributed by atoms with E-state index in [9.17, 15) is 9.90 Å². The van der Waals surface area contributed by atoms with E-state index in [1.165, 1.54) is 6.07 Å². The van der Waals surface area contributed by atoms with Crippen LogP contribution in [0.15, 0.2) is 18.2 Å². The summed E-state index contributed by atoms with van der Waals surface area (Å²) in [7, 11) is 0. The van der Waals surface area contributed by atoms with Crippen molar-refractivity contribution in [3.05, 3.63) is 29.3 Å². The molecule has 1 aliphatic heterocycles. The minimum atomic E-state index is -0.149. The summed E-state index contributed by atoms with van der Waals surface area (Å²) in [5, 5.41) is 12.5. The molecule has 4 heteroatoms. The summed E-state index contributed by atoms with van der Waals surface area (Å²) in [5.74, 6) is 0.387. The van der Waals surface area contributed by atoms with Crippen LogP contribution in [0.5, 0.6) is 5.75 Å². The van der Waals surface area contributed by atoms with Crippen molar-refractivity contribution in [3.8, 4) is 5.75 Å². The highest BCUT2D eigenvalue weighted by Gasteiger charge is 2.24. The number of benzene rings is 1. The van der Waals surface area contributed by atoms with E-state index in [0.717, 1.165) is 18.6 Å². The third-order valence-corrected chi connectivity index (χ3v) is 3.53. The molecule has 1 amide bonds. The van der Waals surface area contributed by atoms with Crippen LogP contribution in [0, 0.1) is 12.8 Å². The maximum Gasteiger partial charge on any atom is 0.251 e. The number of amides is 1. The summed E-state index contributed by atoms with van der Waals surface area (Å²) in [4.78, 5) is 11.9. The molecule has 18 heavy (non-hydrogen) atoms. The topological polar surface area (TPSA) is 58.6 Å². The number of rotatable bonds is 3. The van der Waals surface area contributed by atoms with Crippen molar-refractivity contribution in [3.63, 3.8) is 0 Å². The fraction of sp³-hybridized carbons (Fsp3) is 0.500. The third-order valence-electron chi connectivity index (χ3n) is 3.53. The monoisotopic (exact) mass is 249 g/mol. The van der Waals surface area contributed by atoms with Crippen LogP contribution in [0.25, 0.3) is 0 Å². The van der Waals surface area contributed by atoms with Crippen molar-refractivity contribution in [2.24, 2.45) is 5.92 Å². The first-order valence-electron chi connectivity index (χ1n) is 6.27. The molecule has 1 heterocycles. The van der Waals surface area contributed by atoms with Gasteiger partial charge in [-0.25, -0.2) is 0 Å². The molecule has 2 rings (SSSR count). The zero-order chi connectivity index (χ0) is 13.1. The zero-order valence-corrected chi connectivity index (χ0v) is 10.8. The molecule has 0 aliphatic carbocycles. The predicted octanol–water partition coefficient (Wildman–Crippen LogP) is 1.86. The Bertz CT molecular complexity index is 445. The highest BCUT2D eigenvalue weighted by atomic mass is 16.5. The van der Waals surface area contributed by atoms with Gasteiger partial charge in [0.25, 0.3) is 5.91 Å². The lowest BCUT2D eigenvalue weighted by molar-refractivity contribution is 0.0907. The average molecular weight is 249 g/mol. The molecular weight excluding hydrogens is 230 g/mol. The Kier molecular flexibility index (Phi) is 3.87. The van der Waals surface area contributed by atoms with Crippen molar-refractivity contribution in [2.45, 2.75) is 26.4 Å². The Morgan fingerprint density at radius 1 is 1.56 bits per heavy atom. The van der Waals surface area contributed by atoms with Gasteiger partial charge in [0.1, 0.15) is 5.75 Å². The van der Waals surface area contributed by atoms with Gasteiger partial charge >= 0.3 is 0 Å². The van der Waals surface area contributed by atoms with Gasteiger partial charge in [-0.1, -0.05) is 6.07 Å². The number of nitrogens with one attached hydrogen (secondary N) is 1. The molecule has 0 spiro atoms. The van der Waals surface area contributed by atoms with Crippen molar-refractivity contribution >= 4 is 5.91 Å². The van der Waals surface area contributed by atoms with Crippen molar-refractivity contribution in [1.82, 2.24) is 5.32 Å². The van der Waals surface area contributed by atoms with Crippen LogP contribution >= 0.6 is 0 Å². The van der Waals surface area contributed by atoms with E-state index in [0.29, 0.717) is 18.0 Å². The minimum absolute atomic E-state index is 0.149. The number of hydrogen-bond acceptors (Lipinski definition) is 3. The summed E-state index contributed by atoms with van der Waals surface area (Å²) in [6.45, 7) is 5.22. The lowest BCUT2D eigenvalue weighted by Gasteiger charge is -2.14. The van der Waals surface area contributed by atoms with E-state index in [1.54, 1.807) is 19.1 Å². The molecule has 4 nitrogen and oxygen atoms in total. The molecule has 0 aromatic heterocycles. The number of phenolic OH excluding ortho intramolecular Hbond substituents is 1. The molecule has 0 radical (unpaired) electrons. The number of phenols is 1. The lowest BCUT2D eigenvalue weighted by atomic mass is 10.0. The summed E-state index contributed by atoms with van der Waals surface area (Å²) in [6.07, 6.45) is 1.19.